The van der Waals surface area contributed by atoms with Gasteiger partial charge in [-0.3, -0.25) is 0 Å². The highest BCUT2D eigenvalue weighted by atomic mass is 16.6. The van der Waals surface area contributed by atoms with Crippen LogP contribution < -0.4 is 9.47 Å². The summed E-state index contributed by atoms with van der Waals surface area (Å²) in [6.45, 7) is 5.46. The van der Waals surface area contributed by atoms with Crippen molar-refractivity contribution in [1.29, 1.82) is 0 Å². The van der Waals surface area contributed by atoms with Crippen LogP contribution in [-0.4, -0.2) is 107 Å². The molecule has 0 bridgehead atoms. The highest BCUT2D eigenvalue weighted by Crippen LogP contribution is 2.23. The Labute approximate surface area is 189 Å². The highest BCUT2D eigenvalue weighted by Gasteiger charge is 2.11. The molecule has 0 N–H and O–H groups in total. The smallest absolute Gasteiger partial charge is 0.338 e. The van der Waals surface area contributed by atoms with Gasteiger partial charge in [0.05, 0.1) is 78.7 Å². The standard InChI is InChI=1S/C22H36O10/c1-24-4-6-27-8-10-29-12-14-31-20-16-19(22(23)26-3)17-21(18-20)32-15-13-30-11-9-28-7-5-25-2/h16-18H,4-15H2,1-3H3. The number of methoxy groups -OCH3 is 3. The lowest BCUT2D eigenvalue weighted by atomic mass is 10.2. The first-order chi connectivity index (χ1) is 15.7. The average molecular weight is 461 g/mol. The molecule has 0 amide bonds. The number of ether oxygens (including phenoxy) is 9. The summed E-state index contributed by atoms with van der Waals surface area (Å²) in [5, 5.41) is 0. The van der Waals surface area contributed by atoms with Crippen molar-refractivity contribution in [2.24, 2.45) is 0 Å². The van der Waals surface area contributed by atoms with E-state index in [2.05, 4.69) is 0 Å². The Hall–Kier alpha value is -1.95. The van der Waals surface area contributed by atoms with Crippen molar-refractivity contribution in [3.8, 4) is 11.5 Å². The Balaban J connectivity index is 2.33. The predicted molar refractivity (Wildman–Crippen MR) is 116 cm³/mol. The van der Waals surface area contributed by atoms with Crippen molar-refractivity contribution in [2.75, 3.05) is 101 Å². The monoisotopic (exact) mass is 460 g/mol. The van der Waals surface area contributed by atoms with Gasteiger partial charge in [-0.2, -0.15) is 0 Å². The molecule has 184 valence electrons. The molecule has 1 aromatic rings. The molecular formula is C22H36O10. The molecule has 10 nitrogen and oxygen atoms in total. The van der Waals surface area contributed by atoms with Crippen LogP contribution >= 0.6 is 0 Å². The quantitative estimate of drug-likeness (QED) is 0.199. The van der Waals surface area contributed by atoms with Gasteiger partial charge in [-0.25, -0.2) is 4.79 Å². The van der Waals surface area contributed by atoms with Crippen LogP contribution in [0.5, 0.6) is 11.5 Å². The number of carbonyl (C=O) groups is 1. The van der Waals surface area contributed by atoms with Gasteiger partial charge in [0.25, 0.3) is 0 Å². The molecule has 0 unspecified atom stereocenters. The maximum atomic E-state index is 11.9. The molecule has 0 saturated heterocycles. The first kappa shape index (κ1) is 28.1. The molecule has 0 aliphatic rings. The van der Waals surface area contributed by atoms with E-state index < -0.39 is 5.97 Å². The SMILES string of the molecule is COCCOCCOCCOc1cc(OCCOCCOCCOC)cc(C(=O)OC)c1. The molecule has 0 atom stereocenters. The molecule has 0 saturated carbocycles. The van der Waals surface area contributed by atoms with E-state index in [4.69, 9.17) is 42.6 Å². The molecule has 0 radical (unpaired) electrons. The van der Waals surface area contributed by atoms with Crippen LogP contribution in [0.1, 0.15) is 10.4 Å². The van der Waals surface area contributed by atoms with Crippen molar-refractivity contribution in [1.82, 2.24) is 0 Å². The van der Waals surface area contributed by atoms with Gasteiger partial charge in [0.2, 0.25) is 0 Å². The van der Waals surface area contributed by atoms with Crippen LogP contribution in [0.25, 0.3) is 0 Å². The normalized spacial score (nSPS) is 10.8. The number of hydrogen-bond acceptors (Lipinski definition) is 10. The van der Waals surface area contributed by atoms with Crippen molar-refractivity contribution in [3.05, 3.63) is 23.8 Å². The largest absolute Gasteiger partial charge is 0.491 e. The lowest BCUT2D eigenvalue weighted by Crippen LogP contribution is -2.13. The molecular weight excluding hydrogens is 424 g/mol. The van der Waals surface area contributed by atoms with E-state index in [1.54, 1.807) is 32.4 Å². The first-order valence-electron chi connectivity index (χ1n) is 10.5. The molecule has 0 fully saturated rings. The van der Waals surface area contributed by atoms with Gasteiger partial charge >= 0.3 is 5.97 Å². The highest BCUT2D eigenvalue weighted by molar-refractivity contribution is 5.90. The average Bonchev–Trinajstić information content (AvgIpc) is 2.81. The summed E-state index contributed by atoms with van der Waals surface area (Å²) in [6, 6.07) is 4.90. The molecule has 0 aromatic heterocycles. The Kier molecular flexibility index (Phi) is 17.3. The Morgan fingerprint density at radius 3 is 1.31 bits per heavy atom. The third-order valence-corrected chi connectivity index (χ3v) is 3.90. The number of rotatable bonds is 21. The first-order valence-corrected chi connectivity index (χ1v) is 10.5. The summed E-state index contributed by atoms with van der Waals surface area (Å²) < 4.78 is 47.5. The van der Waals surface area contributed by atoms with E-state index in [1.165, 1.54) is 7.11 Å². The molecule has 0 heterocycles. The second-order valence-corrected chi connectivity index (χ2v) is 6.32. The van der Waals surface area contributed by atoms with Crippen molar-refractivity contribution >= 4 is 5.97 Å². The van der Waals surface area contributed by atoms with Crippen molar-refractivity contribution < 1.29 is 47.4 Å². The van der Waals surface area contributed by atoms with Gasteiger partial charge in [0.15, 0.2) is 0 Å². The van der Waals surface area contributed by atoms with Crippen LogP contribution in [0.4, 0.5) is 0 Å². The van der Waals surface area contributed by atoms with Crippen LogP contribution in [0.15, 0.2) is 18.2 Å². The lowest BCUT2D eigenvalue weighted by molar-refractivity contribution is 0.0174. The minimum absolute atomic E-state index is 0.314. The number of benzene rings is 1. The molecule has 1 aromatic carbocycles. The van der Waals surface area contributed by atoms with E-state index in [-0.39, 0.29) is 0 Å². The zero-order valence-corrected chi connectivity index (χ0v) is 19.3. The maximum absolute atomic E-state index is 11.9. The molecule has 32 heavy (non-hydrogen) atoms. The summed E-state index contributed by atoms with van der Waals surface area (Å²) in [5.41, 5.74) is 0.333. The fourth-order valence-corrected chi connectivity index (χ4v) is 2.34. The van der Waals surface area contributed by atoms with E-state index in [9.17, 15) is 4.79 Å². The molecule has 0 spiro atoms. The van der Waals surface area contributed by atoms with Crippen molar-refractivity contribution in [2.45, 2.75) is 0 Å². The minimum atomic E-state index is -0.478. The van der Waals surface area contributed by atoms with Crippen LogP contribution in [0.2, 0.25) is 0 Å². The predicted octanol–water partition coefficient (Wildman–Crippen LogP) is 1.59. The van der Waals surface area contributed by atoms with Crippen molar-refractivity contribution in [3.63, 3.8) is 0 Å². The third kappa shape index (κ3) is 14.2. The van der Waals surface area contributed by atoms with Gasteiger partial charge in [-0.15, -0.1) is 0 Å². The van der Waals surface area contributed by atoms with Gasteiger partial charge in [-0.1, -0.05) is 0 Å². The van der Waals surface area contributed by atoms with Gasteiger partial charge in [-0.05, 0) is 12.1 Å². The summed E-state index contributed by atoms with van der Waals surface area (Å²) in [5.74, 6) is 0.486. The Bertz CT molecular complexity index is 556. The number of carbonyl (C=O) groups excluding carboxylic acids is 1. The topological polar surface area (TPSA) is 100 Å². The van der Waals surface area contributed by atoms with Gasteiger partial charge in [0, 0.05) is 20.3 Å². The second kappa shape index (κ2) is 19.7. The molecule has 0 aliphatic heterocycles. The molecule has 10 heteroatoms. The number of hydrogen-bond donors (Lipinski definition) is 0. The summed E-state index contributed by atoms with van der Waals surface area (Å²) in [6.07, 6.45) is 0. The maximum Gasteiger partial charge on any atom is 0.338 e. The molecule has 1 rings (SSSR count). The minimum Gasteiger partial charge on any atom is -0.491 e. The summed E-state index contributed by atoms with van der Waals surface area (Å²) >= 11 is 0. The third-order valence-electron chi connectivity index (χ3n) is 3.90. The zero-order chi connectivity index (χ0) is 23.3. The summed E-state index contributed by atoms with van der Waals surface area (Å²) in [4.78, 5) is 11.9. The van der Waals surface area contributed by atoms with E-state index in [1.807, 2.05) is 0 Å². The van der Waals surface area contributed by atoms with Crippen LogP contribution in [-0.2, 0) is 33.2 Å². The lowest BCUT2D eigenvalue weighted by Gasteiger charge is -2.12. The Morgan fingerprint density at radius 1 is 0.562 bits per heavy atom. The van der Waals surface area contributed by atoms with Gasteiger partial charge in [0.1, 0.15) is 24.7 Å². The number of esters is 1. The van der Waals surface area contributed by atoms with Crippen LogP contribution in [0, 0.1) is 0 Å². The second-order valence-electron chi connectivity index (χ2n) is 6.32. The van der Waals surface area contributed by atoms with E-state index in [0.717, 1.165) is 0 Å². The van der Waals surface area contributed by atoms with E-state index >= 15 is 0 Å². The fourth-order valence-electron chi connectivity index (χ4n) is 2.34. The van der Waals surface area contributed by atoms with E-state index in [0.29, 0.717) is 96.3 Å². The fraction of sp³-hybridized carbons (Fsp3) is 0.682. The summed E-state index contributed by atoms with van der Waals surface area (Å²) in [7, 11) is 4.57. The van der Waals surface area contributed by atoms with Gasteiger partial charge < -0.3 is 42.6 Å². The zero-order valence-electron chi connectivity index (χ0n) is 19.3. The van der Waals surface area contributed by atoms with Crippen LogP contribution in [0.3, 0.4) is 0 Å². The molecule has 0 aliphatic carbocycles. The Morgan fingerprint density at radius 2 is 0.938 bits per heavy atom.